The zero-order valence-electron chi connectivity index (χ0n) is 21.3. The third-order valence-corrected chi connectivity index (χ3v) is 6.90. The van der Waals surface area contributed by atoms with Gasteiger partial charge >= 0.3 is 0 Å². The minimum atomic E-state index is -5.17. The van der Waals surface area contributed by atoms with Gasteiger partial charge in [-0.3, -0.25) is 8.42 Å². The Morgan fingerprint density at radius 3 is 2.05 bits per heavy atom. The van der Waals surface area contributed by atoms with E-state index < -0.39 is 71.1 Å². The highest BCUT2D eigenvalue weighted by atomic mass is 32.3. The van der Waals surface area contributed by atoms with Crippen molar-refractivity contribution in [3.63, 3.8) is 0 Å². The molecular weight excluding hydrogens is 518 g/mol. The molecule has 3 fully saturated rings. The second-order valence-electron chi connectivity index (χ2n) is 10.1. The third kappa shape index (κ3) is 9.23. The van der Waals surface area contributed by atoms with Crippen LogP contribution in [0.4, 0.5) is 0 Å². The van der Waals surface area contributed by atoms with Gasteiger partial charge in [-0.2, -0.15) is 0 Å². The zero-order valence-corrected chi connectivity index (χ0v) is 22.1. The second kappa shape index (κ2) is 13.6. The molecule has 37 heavy (non-hydrogen) atoms. The Labute approximate surface area is 216 Å². The third-order valence-electron chi connectivity index (χ3n) is 6.90. The number of nitrogens with two attached hydrogens (primary N) is 5. The molecule has 0 unspecified atom stereocenters. The lowest BCUT2D eigenvalue weighted by Gasteiger charge is -2.47. The standard InChI is InChI=1S/C20H41N5O7.H2O4S/c1-20(28)8-29-19(14(27)17(20)25-3)32-16-12(23)6-11(22)15(13(16)26)31-18-10(21)5-4-9(30-18)7-24-2;1-5(2,3)4/h9-19,24-28H,4-8,21-23H2,1-3H3;(H2,1,2,3,4)/t9-,10+,11-,12+,13-,14+,15-,16-,17+,18+,19+,20-;/m0./s1. The maximum atomic E-state index is 11.1. The van der Waals surface area contributed by atoms with Crippen LogP contribution in [0.1, 0.15) is 26.2 Å². The number of aliphatic hydroxyl groups excluding tert-OH is 2. The Kier molecular flexibility index (Phi) is 12.0. The molecule has 16 nitrogen and oxygen atoms in total. The van der Waals surface area contributed by atoms with Crippen LogP contribution in [0.25, 0.3) is 0 Å². The summed E-state index contributed by atoms with van der Waals surface area (Å²) in [6.07, 6.45) is -3.81. The SMILES string of the molecule is C[NH2+]C[C@@H]1CC[C@@H](N)[C@@H](O[C@@H]2[C@H](O)[C@@H](O[C@H]3OC[C@](C)(O)[C@H]([NH2+]C)[C@H]3O)[C@H](N)C[C@@H]2N)O1.O=S(=O)([O-])[O-]. The van der Waals surface area contributed by atoms with Gasteiger partial charge in [0.15, 0.2) is 18.7 Å². The first-order chi connectivity index (χ1) is 17.1. The Morgan fingerprint density at radius 2 is 1.54 bits per heavy atom. The van der Waals surface area contributed by atoms with Crippen molar-refractivity contribution in [1.82, 2.24) is 0 Å². The van der Waals surface area contributed by atoms with Gasteiger partial charge in [0.2, 0.25) is 0 Å². The predicted molar refractivity (Wildman–Crippen MR) is 123 cm³/mol. The van der Waals surface area contributed by atoms with Gasteiger partial charge in [0.1, 0.15) is 42.6 Å². The van der Waals surface area contributed by atoms with E-state index in [2.05, 4.69) is 0 Å². The molecule has 0 aromatic heterocycles. The summed E-state index contributed by atoms with van der Waals surface area (Å²) in [5, 5.41) is 36.0. The molecule has 13 N–H and O–H groups in total. The molecule has 12 atom stereocenters. The van der Waals surface area contributed by atoms with Crippen molar-refractivity contribution in [1.29, 1.82) is 0 Å². The summed E-state index contributed by atoms with van der Waals surface area (Å²) in [7, 11) is -1.44. The van der Waals surface area contributed by atoms with E-state index in [1.807, 2.05) is 12.4 Å². The van der Waals surface area contributed by atoms with Gasteiger partial charge in [-0.1, -0.05) is 0 Å². The van der Waals surface area contributed by atoms with E-state index in [4.69, 9.17) is 53.7 Å². The first-order valence-electron chi connectivity index (χ1n) is 12.3. The highest BCUT2D eigenvalue weighted by molar-refractivity contribution is 7.79. The van der Waals surface area contributed by atoms with Crippen LogP contribution in [0.5, 0.6) is 0 Å². The van der Waals surface area contributed by atoms with Crippen molar-refractivity contribution in [2.24, 2.45) is 17.2 Å². The maximum absolute atomic E-state index is 11.1. The predicted octanol–water partition coefficient (Wildman–Crippen LogP) is -7.11. The van der Waals surface area contributed by atoms with Crippen LogP contribution in [0.15, 0.2) is 0 Å². The lowest BCUT2D eigenvalue weighted by molar-refractivity contribution is -0.695. The van der Waals surface area contributed by atoms with Crippen LogP contribution in [0.3, 0.4) is 0 Å². The summed E-state index contributed by atoms with van der Waals surface area (Å²) in [5.41, 5.74) is 17.5. The van der Waals surface area contributed by atoms with E-state index in [1.165, 1.54) is 0 Å². The monoisotopic (exact) mass is 561 g/mol. The number of likely N-dealkylation sites (N-methyl/N-ethyl adjacent to an activating group) is 2. The molecule has 0 spiro atoms. The molecule has 0 aromatic rings. The second-order valence-corrected chi connectivity index (χ2v) is 10.9. The van der Waals surface area contributed by atoms with Gasteiger partial charge in [0, 0.05) is 22.5 Å². The van der Waals surface area contributed by atoms with Crippen LogP contribution < -0.4 is 27.8 Å². The quantitative estimate of drug-likeness (QED) is 0.106. The average Bonchev–Trinajstić information content (AvgIpc) is 2.76. The van der Waals surface area contributed by atoms with Crippen molar-refractivity contribution in [2.45, 2.75) is 99.1 Å². The van der Waals surface area contributed by atoms with Crippen LogP contribution in [-0.2, 0) is 29.3 Å². The molecule has 0 radical (unpaired) electrons. The van der Waals surface area contributed by atoms with Crippen molar-refractivity contribution >= 4 is 10.4 Å². The normalized spacial score (nSPS) is 45.1. The van der Waals surface area contributed by atoms with Gasteiger partial charge in [-0.25, -0.2) is 0 Å². The molecule has 0 aromatic carbocycles. The van der Waals surface area contributed by atoms with Gasteiger partial charge < -0.3 is 71.2 Å². The minimum absolute atomic E-state index is 0.0110. The molecule has 2 aliphatic heterocycles. The Balaban J connectivity index is 0.000000877. The van der Waals surface area contributed by atoms with Crippen molar-refractivity contribution in [3.05, 3.63) is 0 Å². The van der Waals surface area contributed by atoms with Gasteiger partial charge in [0.25, 0.3) is 0 Å². The summed E-state index contributed by atoms with van der Waals surface area (Å²) in [6, 6.07) is -2.02. The van der Waals surface area contributed by atoms with Crippen molar-refractivity contribution < 1.29 is 62.4 Å². The minimum Gasteiger partial charge on any atom is -0.759 e. The fraction of sp³-hybridized carbons (Fsp3) is 1.00. The lowest BCUT2D eigenvalue weighted by Crippen LogP contribution is -2.96. The van der Waals surface area contributed by atoms with Gasteiger partial charge in [0.05, 0.1) is 26.7 Å². The molecule has 0 bridgehead atoms. The summed E-state index contributed by atoms with van der Waals surface area (Å²) < 4.78 is 57.7. The molecule has 1 saturated carbocycles. The number of ether oxygens (including phenoxy) is 4. The van der Waals surface area contributed by atoms with Crippen LogP contribution in [-0.4, -0.2) is 133 Å². The summed E-state index contributed by atoms with van der Waals surface area (Å²) in [5.74, 6) is 0. The van der Waals surface area contributed by atoms with E-state index in [9.17, 15) is 15.3 Å². The molecule has 220 valence electrons. The largest absolute Gasteiger partial charge is 0.759 e. The summed E-state index contributed by atoms with van der Waals surface area (Å²) in [6.45, 7) is 2.36. The fourth-order valence-electron chi connectivity index (χ4n) is 5.05. The smallest absolute Gasteiger partial charge is 0.190 e. The zero-order chi connectivity index (χ0) is 28.1. The van der Waals surface area contributed by atoms with Crippen molar-refractivity contribution in [3.8, 4) is 0 Å². The first kappa shape index (κ1) is 32.6. The molecule has 3 aliphatic rings. The molecule has 0 amide bonds. The first-order valence-corrected chi connectivity index (χ1v) is 13.6. The number of aliphatic hydroxyl groups is 3. The van der Waals surface area contributed by atoms with Gasteiger partial charge in [-0.05, 0) is 26.2 Å². The average molecular weight is 562 g/mol. The molecule has 2 heterocycles. The van der Waals surface area contributed by atoms with E-state index in [0.29, 0.717) is 6.42 Å². The van der Waals surface area contributed by atoms with Crippen LogP contribution in [0.2, 0.25) is 0 Å². The topological polar surface area (TPSA) is 289 Å². The number of quaternary nitrogens is 2. The van der Waals surface area contributed by atoms with E-state index >= 15 is 0 Å². The number of hydrogen-bond acceptors (Lipinski definition) is 14. The fourth-order valence-corrected chi connectivity index (χ4v) is 5.05. The summed E-state index contributed by atoms with van der Waals surface area (Å²) >= 11 is 0. The number of hydrogen-bond donors (Lipinski definition) is 8. The highest BCUT2D eigenvalue weighted by Crippen LogP contribution is 2.30. The van der Waals surface area contributed by atoms with E-state index in [-0.39, 0.29) is 18.8 Å². The molecule has 17 heteroatoms. The van der Waals surface area contributed by atoms with Crippen LogP contribution >= 0.6 is 0 Å². The van der Waals surface area contributed by atoms with Gasteiger partial charge in [-0.15, -0.1) is 0 Å². The van der Waals surface area contributed by atoms with Crippen molar-refractivity contribution in [2.75, 3.05) is 27.2 Å². The Bertz CT molecular complexity index is 802. The van der Waals surface area contributed by atoms with E-state index in [0.717, 1.165) is 19.4 Å². The molecular formula is C20H43N5O11S. The number of rotatable bonds is 7. The molecule has 2 saturated heterocycles. The summed E-state index contributed by atoms with van der Waals surface area (Å²) in [4.78, 5) is 0. The molecule has 3 rings (SSSR count). The maximum Gasteiger partial charge on any atom is 0.190 e. The highest BCUT2D eigenvalue weighted by Gasteiger charge is 2.52. The Hall–Kier alpha value is -0.610. The Morgan fingerprint density at radius 1 is 1.00 bits per heavy atom. The van der Waals surface area contributed by atoms with Crippen LogP contribution in [0, 0.1) is 0 Å². The molecule has 1 aliphatic carbocycles. The van der Waals surface area contributed by atoms with E-state index in [1.54, 1.807) is 19.3 Å². The lowest BCUT2D eigenvalue weighted by atomic mass is 9.84.